The molecule has 2 aliphatic rings. The Kier molecular flexibility index (Phi) is 6.47. The van der Waals surface area contributed by atoms with Crippen LogP contribution < -0.4 is 10.9 Å². The van der Waals surface area contributed by atoms with Crippen molar-refractivity contribution in [3.05, 3.63) is 121 Å². The van der Waals surface area contributed by atoms with Crippen LogP contribution in [0.5, 0.6) is 0 Å². The van der Waals surface area contributed by atoms with E-state index in [-0.39, 0.29) is 35.3 Å². The van der Waals surface area contributed by atoms with Gasteiger partial charge in [-0.2, -0.15) is 0 Å². The summed E-state index contributed by atoms with van der Waals surface area (Å²) in [5.41, 5.74) is 5.24. The van der Waals surface area contributed by atoms with Crippen LogP contribution in [0, 0.1) is 0 Å². The molecule has 39 heavy (non-hydrogen) atoms. The lowest BCUT2D eigenvalue weighted by molar-refractivity contribution is 0.0876. The number of nitrogens with one attached hydrogen (secondary N) is 2. The highest BCUT2D eigenvalue weighted by Crippen LogP contribution is 2.29. The zero-order valence-corrected chi connectivity index (χ0v) is 21.3. The van der Waals surface area contributed by atoms with Crippen LogP contribution in [0.3, 0.4) is 0 Å². The van der Waals surface area contributed by atoms with Crippen LogP contribution >= 0.6 is 0 Å². The monoisotopic (exact) mass is 541 g/mol. The fourth-order valence-electron chi connectivity index (χ4n) is 5.23. The minimum absolute atomic E-state index is 0. The zero-order chi connectivity index (χ0) is 26.6. The molecular formula is C30H27N3O5S. The Hall–Kier alpha value is -4.50. The van der Waals surface area contributed by atoms with Crippen molar-refractivity contribution in [2.24, 2.45) is 0 Å². The fraction of sp³-hybridized carbons (Fsp3) is 0.167. The summed E-state index contributed by atoms with van der Waals surface area (Å²) in [6.45, 7) is 1.82. The highest BCUT2D eigenvalue weighted by molar-refractivity contribution is 7.90. The summed E-state index contributed by atoms with van der Waals surface area (Å²) in [5.74, 6) is -0.428. The molecule has 0 unspecified atom stereocenters. The number of nitrogens with zero attached hydrogens (tertiary/aromatic N) is 1. The molecule has 0 atom stereocenters. The van der Waals surface area contributed by atoms with Gasteiger partial charge in [0.2, 0.25) is 0 Å². The molecule has 9 heteroatoms. The third-order valence-electron chi connectivity index (χ3n) is 7.10. The third-order valence-corrected chi connectivity index (χ3v) is 9.01. The molecule has 2 N–H and O–H groups in total. The van der Waals surface area contributed by atoms with Crippen LogP contribution in [-0.4, -0.2) is 35.1 Å². The van der Waals surface area contributed by atoms with Crippen molar-refractivity contribution in [2.45, 2.75) is 32.1 Å². The molecule has 1 aliphatic carbocycles. The smallest absolute Gasteiger partial charge is 0.268 e. The minimum atomic E-state index is -3.56. The second-order valence-electron chi connectivity index (χ2n) is 9.24. The number of aromatic nitrogens is 2. The predicted molar refractivity (Wildman–Crippen MR) is 152 cm³/mol. The molecule has 0 spiro atoms. The zero-order valence-electron chi connectivity index (χ0n) is 20.4. The van der Waals surface area contributed by atoms with Crippen molar-refractivity contribution >= 4 is 37.7 Å². The minimum Gasteiger partial charge on any atom is -0.358 e. The number of pyridine rings is 2. The van der Waals surface area contributed by atoms with E-state index in [1.54, 1.807) is 19.1 Å². The van der Waals surface area contributed by atoms with E-state index in [0.29, 0.717) is 23.6 Å². The van der Waals surface area contributed by atoms with E-state index in [2.05, 4.69) is 9.97 Å². The van der Waals surface area contributed by atoms with E-state index >= 15 is 0 Å². The standard InChI is InChI=1S/C20H14N2O2.C9H9NO3S.CH4/c23-19-11-5-1-3-7-15(11)21-17-10-14-18(9-13(17)19)22-16-8-4-2-6-12(16)20(14)24;1-2-10-9(11)7-5-3-4-6-8(7)14(10,12)13;/h1-8H,9-10H2,(H,21,23)(H,22,24);3-6H,2H2,1H3;1H4. The Bertz CT molecular complexity index is 1910. The maximum atomic E-state index is 12.8. The molecule has 3 aromatic carbocycles. The summed E-state index contributed by atoms with van der Waals surface area (Å²) in [5, 5.41) is 1.39. The maximum absolute atomic E-state index is 12.8. The van der Waals surface area contributed by atoms with Crippen molar-refractivity contribution in [1.82, 2.24) is 14.3 Å². The molecule has 3 heterocycles. The maximum Gasteiger partial charge on any atom is 0.268 e. The van der Waals surface area contributed by atoms with Crippen LogP contribution in [0.15, 0.2) is 87.3 Å². The van der Waals surface area contributed by atoms with Gasteiger partial charge in [0.25, 0.3) is 15.9 Å². The summed E-state index contributed by atoms with van der Waals surface area (Å²) in [7, 11) is -3.56. The van der Waals surface area contributed by atoms with Crippen LogP contribution in [0.1, 0.15) is 47.2 Å². The molecule has 0 radical (unpaired) electrons. The number of rotatable bonds is 1. The molecule has 8 nitrogen and oxygen atoms in total. The molecular weight excluding hydrogens is 514 g/mol. The van der Waals surface area contributed by atoms with Crippen LogP contribution in [-0.2, 0) is 22.9 Å². The number of aromatic amines is 2. The van der Waals surface area contributed by atoms with Crippen molar-refractivity contribution in [3.63, 3.8) is 0 Å². The normalized spacial score (nSPS) is 14.6. The van der Waals surface area contributed by atoms with Crippen molar-refractivity contribution in [3.8, 4) is 0 Å². The van der Waals surface area contributed by atoms with Crippen LogP contribution in [0.2, 0.25) is 0 Å². The molecule has 0 saturated carbocycles. The van der Waals surface area contributed by atoms with Gasteiger partial charge in [-0.3, -0.25) is 14.4 Å². The van der Waals surface area contributed by atoms with Crippen molar-refractivity contribution < 1.29 is 13.2 Å². The molecule has 7 rings (SSSR count). The molecule has 0 fully saturated rings. The first-order valence-corrected chi connectivity index (χ1v) is 13.7. The van der Waals surface area contributed by atoms with E-state index < -0.39 is 15.9 Å². The summed E-state index contributed by atoms with van der Waals surface area (Å²) in [6, 6.07) is 21.3. The lowest BCUT2D eigenvalue weighted by atomic mass is 9.90. The number of sulfonamides is 1. The van der Waals surface area contributed by atoms with Gasteiger partial charge in [-0.15, -0.1) is 0 Å². The Morgan fingerprint density at radius 1 is 0.718 bits per heavy atom. The largest absolute Gasteiger partial charge is 0.358 e. The van der Waals surface area contributed by atoms with Gasteiger partial charge in [0.05, 0.1) is 5.56 Å². The highest BCUT2D eigenvalue weighted by atomic mass is 32.2. The fourth-order valence-corrected chi connectivity index (χ4v) is 6.81. The topological polar surface area (TPSA) is 120 Å². The summed E-state index contributed by atoms with van der Waals surface area (Å²) in [6.07, 6.45) is 0.926. The first-order chi connectivity index (χ1) is 18.3. The summed E-state index contributed by atoms with van der Waals surface area (Å²) in [4.78, 5) is 44.0. The average Bonchev–Trinajstić information content (AvgIpc) is 3.13. The van der Waals surface area contributed by atoms with Crippen LogP contribution in [0.25, 0.3) is 21.8 Å². The number of amides is 1. The number of hydrogen-bond acceptors (Lipinski definition) is 5. The molecule has 2 aromatic heterocycles. The molecule has 1 aliphatic heterocycles. The average molecular weight is 542 g/mol. The highest BCUT2D eigenvalue weighted by Gasteiger charge is 2.39. The number of carbonyl (C=O) groups excluding carboxylic acids is 1. The molecule has 1 amide bonds. The number of para-hydroxylation sites is 2. The van der Waals surface area contributed by atoms with Crippen molar-refractivity contribution in [2.75, 3.05) is 6.54 Å². The Morgan fingerprint density at radius 3 is 1.67 bits per heavy atom. The molecule has 0 bridgehead atoms. The summed E-state index contributed by atoms with van der Waals surface area (Å²) >= 11 is 0. The van der Waals surface area contributed by atoms with E-state index in [1.807, 2.05) is 48.5 Å². The van der Waals surface area contributed by atoms with Gasteiger partial charge in [-0.25, -0.2) is 12.7 Å². The van der Waals surface area contributed by atoms with Gasteiger partial charge in [0.15, 0.2) is 10.9 Å². The lowest BCUT2D eigenvalue weighted by Crippen LogP contribution is -2.29. The van der Waals surface area contributed by atoms with Gasteiger partial charge in [0, 0.05) is 63.7 Å². The number of carbonyl (C=O) groups is 1. The Balaban J connectivity index is 0.000000177. The lowest BCUT2D eigenvalue weighted by Gasteiger charge is -2.20. The quantitative estimate of drug-likeness (QED) is 0.321. The van der Waals surface area contributed by atoms with Gasteiger partial charge < -0.3 is 9.97 Å². The van der Waals surface area contributed by atoms with Gasteiger partial charge in [-0.05, 0) is 43.3 Å². The Labute approximate surface area is 225 Å². The molecule has 198 valence electrons. The summed E-state index contributed by atoms with van der Waals surface area (Å²) < 4.78 is 24.3. The first-order valence-electron chi connectivity index (χ1n) is 12.2. The number of benzene rings is 3. The first kappa shape index (κ1) is 26.1. The van der Waals surface area contributed by atoms with E-state index in [0.717, 1.165) is 37.9 Å². The van der Waals surface area contributed by atoms with Gasteiger partial charge >= 0.3 is 0 Å². The van der Waals surface area contributed by atoms with E-state index in [9.17, 15) is 22.8 Å². The predicted octanol–water partition coefficient (Wildman–Crippen LogP) is 4.35. The van der Waals surface area contributed by atoms with E-state index in [4.69, 9.17) is 0 Å². The van der Waals surface area contributed by atoms with Crippen LogP contribution in [0.4, 0.5) is 0 Å². The third kappa shape index (κ3) is 4.06. The molecule has 0 saturated heterocycles. The molecule has 5 aromatic rings. The van der Waals surface area contributed by atoms with Gasteiger partial charge in [0.1, 0.15) is 4.90 Å². The Morgan fingerprint density at radius 2 is 1.18 bits per heavy atom. The van der Waals surface area contributed by atoms with E-state index in [1.165, 1.54) is 12.1 Å². The van der Waals surface area contributed by atoms with Crippen molar-refractivity contribution in [1.29, 1.82) is 0 Å². The number of fused-ring (bicyclic) bond motifs is 5. The SMILES string of the molecule is C.CCN1C(=O)c2ccccc2S1(=O)=O.O=c1c2c([nH]c3ccccc13)Cc1c([nH]c3ccccc3c1=O)C2. The van der Waals surface area contributed by atoms with Gasteiger partial charge in [-0.1, -0.05) is 43.8 Å². The second-order valence-corrected chi connectivity index (χ2v) is 11.1. The number of hydrogen-bond donors (Lipinski definition) is 2. The second kappa shape index (κ2) is 9.67. The number of H-pyrrole nitrogens is 2.